The maximum absolute atomic E-state index is 12.3. The van der Waals surface area contributed by atoms with Gasteiger partial charge in [-0.05, 0) is 42.5 Å². The summed E-state index contributed by atoms with van der Waals surface area (Å²) < 4.78 is 5.25. The standard InChI is InChI=1S/C20H19ClN4O3S/c21-14-9-8-13(25-10-2-7-19(25)27)12-15(14)22-17(26)5-1-6-18-23-20(24-28-18)16-4-3-11-29-16/h3-4,8-9,11-12H,1-2,5-7,10H2,(H,22,26). The number of hydrogen-bond donors (Lipinski definition) is 1. The Kier molecular flexibility index (Phi) is 5.92. The summed E-state index contributed by atoms with van der Waals surface area (Å²) in [6.07, 6.45) is 2.77. The van der Waals surface area contributed by atoms with Crippen LogP contribution in [0.4, 0.5) is 11.4 Å². The predicted molar refractivity (Wildman–Crippen MR) is 112 cm³/mol. The fourth-order valence-corrected chi connectivity index (χ4v) is 3.99. The van der Waals surface area contributed by atoms with E-state index in [9.17, 15) is 9.59 Å². The lowest BCUT2D eigenvalue weighted by atomic mass is 10.2. The first-order valence-electron chi connectivity index (χ1n) is 9.36. The summed E-state index contributed by atoms with van der Waals surface area (Å²) in [7, 11) is 0. The second-order valence-corrected chi connectivity index (χ2v) is 8.06. The lowest BCUT2D eigenvalue weighted by Gasteiger charge is -2.17. The number of benzene rings is 1. The fraction of sp³-hybridized carbons (Fsp3) is 0.300. The van der Waals surface area contributed by atoms with Crippen molar-refractivity contribution in [2.75, 3.05) is 16.8 Å². The molecule has 9 heteroatoms. The van der Waals surface area contributed by atoms with Crippen LogP contribution in [0.1, 0.15) is 31.6 Å². The summed E-state index contributed by atoms with van der Waals surface area (Å²) in [5.41, 5.74) is 1.26. The molecule has 1 fully saturated rings. The van der Waals surface area contributed by atoms with E-state index in [4.69, 9.17) is 16.1 Å². The van der Waals surface area contributed by atoms with E-state index < -0.39 is 0 Å². The Morgan fingerprint density at radius 3 is 3.00 bits per heavy atom. The van der Waals surface area contributed by atoms with Gasteiger partial charge in [-0.3, -0.25) is 9.59 Å². The number of nitrogens with zero attached hydrogens (tertiary/aromatic N) is 3. The van der Waals surface area contributed by atoms with Gasteiger partial charge in [0.25, 0.3) is 0 Å². The summed E-state index contributed by atoms with van der Waals surface area (Å²) in [5.74, 6) is 1.01. The van der Waals surface area contributed by atoms with Crippen molar-refractivity contribution in [3.05, 3.63) is 46.6 Å². The summed E-state index contributed by atoms with van der Waals surface area (Å²) in [6, 6.07) is 9.10. The van der Waals surface area contributed by atoms with Crippen LogP contribution < -0.4 is 10.2 Å². The highest BCUT2D eigenvalue weighted by Crippen LogP contribution is 2.30. The molecular formula is C20H19ClN4O3S. The van der Waals surface area contributed by atoms with Crippen molar-refractivity contribution in [3.8, 4) is 10.7 Å². The van der Waals surface area contributed by atoms with Crippen molar-refractivity contribution in [3.63, 3.8) is 0 Å². The maximum atomic E-state index is 12.3. The smallest absolute Gasteiger partial charge is 0.227 e. The maximum Gasteiger partial charge on any atom is 0.227 e. The van der Waals surface area contributed by atoms with E-state index in [1.807, 2.05) is 17.5 Å². The zero-order valence-electron chi connectivity index (χ0n) is 15.6. The largest absolute Gasteiger partial charge is 0.339 e. The Hall–Kier alpha value is -2.71. The molecular weight excluding hydrogens is 412 g/mol. The first kappa shape index (κ1) is 19.6. The molecule has 29 heavy (non-hydrogen) atoms. The first-order chi connectivity index (χ1) is 14.1. The number of carbonyl (C=O) groups excluding carboxylic acids is 2. The number of hydrogen-bond acceptors (Lipinski definition) is 6. The zero-order chi connectivity index (χ0) is 20.2. The predicted octanol–water partition coefficient (Wildman–Crippen LogP) is 4.54. The zero-order valence-corrected chi connectivity index (χ0v) is 17.1. The molecule has 1 aliphatic rings. The molecule has 0 bridgehead atoms. The molecule has 2 amide bonds. The average Bonchev–Trinajstić information content (AvgIpc) is 3.45. The molecule has 1 aliphatic heterocycles. The molecule has 0 saturated carbocycles. The van der Waals surface area contributed by atoms with Gasteiger partial charge in [0.1, 0.15) is 0 Å². The quantitative estimate of drug-likeness (QED) is 0.594. The average molecular weight is 431 g/mol. The molecule has 3 aromatic rings. The van der Waals surface area contributed by atoms with Crippen LogP contribution in [0.25, 0.3) is 10.7 Å². The first-order valence-corrected chi connectivity index (χ1v) is 10.6. The van der Waals surface area contributed by atoms with Gasteiger partial charge in [-0.15, -0.1) is 11.3 Å². The van der Waals surface area contributed by atoms with Crippen LogP contribution >= 0.6 is 22.9 Å². The molecule has 4 rings (SSSR count). The minimum Gasteiger partial charge on any atom is -0.339 e. The van der Waals surface area contributed by atoms with Crippen molar-refractivity contribution >= 4 is 46.1 Å². The van der Waals surface area contributed by atoms with E-state index in [1.165, 1.54) is 0 Å². The second kappa shape index (κ2) is 8.75. The number of thiophene rings is 1. The molecule has 2 aromatic heterocycles. The van der Waals surface area contributed by atoms with Crippen molar-refractivity contribution < 1.29 is 14.1 Å². The normalized spacial score (nSPS) is 13.8. The summed E-state index contributed by atoms with van der Waals surface area (Å²) in [5, 5.41) is 9.18. The topological polar surface area (TPSA) is 88.3 Å². The molecule has 0 atom stereocenters. The highest BCUT2D eigenvalue weighted by molar-refractivity contribution is 7.13. The van der Waals surface area contributed by atoms with Gasteiger partial charge in [-0.25, -0.2) is 0 Å². The third-order valence-corrected chi connectivity index (χ3v) is 5.81. The lowest BCUT2D eigenvalue weighted by Crippen LogP contribution is -2.23. The van der Waals surface area contributed by atoms with Crippen LogP contribution in [0.15, 0.2) is 40.2 Å². The van der Waals surface area contributed by atoms with Crippen molar-refractivity contribution in [1.29, 1.82) is 0 Å². The molecule has 0 spiro atoms. The van der Waals surface area contributed by atoms with Crippen molar-refractivity contribution in [2.24, 2.45) is 0 Å². The van der Waals surface area contributed by atoms with Crippen LogP contribution in [-0.4, -0.2) is 28.5 Å². The Bertz CT molecular complexity index is 1020. The third kappa shape index (κ3) is 4.65. The number of aryl methyl sites for hydroxylation is 1. The minimum atomic E-state index is -0.158. The SMILES string of the molecule is O=C(CCCc1nc(-c2cccs2)no1)Nc1cc(N2CCCC2=O)ccc1Cl. The lowest BCUT2D eigenvalue weighted by molar-refractivity contribution is -0.117. The van der Waals surface area contributed by atoms with Crippen LogP contribution in [0, 0.1) is 0 Å². The van der Waals surface area contributed by atoms with Gasteiger partial charge in [0, 0.05) is 31.5 Å². The summed E-state index contributed by atoms with van der Waals surface area (Å²) in [4.78, 5) is 31.3. The monoisotopic (exact) mass is 430 g/mol. The highest BCUT2D eigenvalue weighted by Gasteiger charge is 2.22. The van der Waals surface area contributed by atoms with Crippen molar-refractivity contribution in [2.45, 2.75) is 32.1 Å². The van der Waals surface area contributed by atoms with E-state index in [-0.39, 0.29) is 11.8 Å². The van der Waals surface area contributed by atoms with Crippen LogP contribution in [0.5, 0.6) is 0 Å². The van der Waals surface area contributed by atoms with E-state index in [2.05, 4.69) is 15.5 Å². The number of rotatable bonds is 7. The Balaban J connectivity index is 1.31. The van der Waals surface area contributed by atoms with Gasteiger partial charge in [-0.1, -0.05) is 22.8 Å². The highest BCUT2D eigenvalue weighted by atomic mass is 35.5. The van der Waals surface area contributed by atoms with Gasteiger partial charge in [-0.2, -0.15) is 4.98 Å². The Morgan fingerprint density at radius 2 is 2.24 bits per heavy atom. The molecule has 1 aromatic carbocycles. The molecule has 0 unspecified atom stereocenters. The Morgan fingerprint density at radius 1 is 1.34 bits per heavy atom. The molecule has 150 valence electrons. The summed E-state index contributed by atoms with van der Waals surface area (Å²) in [6.45, 7) is 0.686. The molecule has 7 nitrogen and oxygen atoms in total. The number of aromatic nitrogens is 2. The Labute approximate surface area is 176 Å². The molecule has 3 heterocycles. The van der Waals surface area contributed by atoms with E-state index in [0.29, 0.717) is 54.7 Å². The van der Waals surface area contributed by atoms with Gasteiger partial charge in [0.05, 0.1) is 15.6 Å². The van der Waals surface area contributed by atoms with Crippen molar-refractivity contribution in [1.82, 2.24) is 10.1 Å². The number of amides is 2. The number of halogens is 1. The minimum absolute atomic E-state index is 0.0890. The molecule has 0 aliphatic carbocycles. The molecule has 1 saturated heterocycles. The van der Waals surface area contributed by atoms with Gasteiger partial charge in [0.15, 0.2) is 0 Å². The number of carbonyl (C=O) groups is 2. The van der Waals surface area contributed by atoms with E-state index >= 15 is 0 Å². The number of nitrogens with one attached hydrogen (secondary N) is 1. The molecule has 1 N–H and O–H groups in total. The van der Waals surface area contributed by atoms with E-state index in [1.54, 1.807) is 34.4 Å². The summed E-state index contributed by atoms with van der Waals surface area (Å²) >= 11 is 7.76. The van der Waals surface area contributed by atoms with Gasteiger partial charge < -0.3 is 14.7 Å². The van der Waals surface area contributed by atoms with Gasteiger partial charge >= 0.3 is 0 Å². The third-order valence-electron chi connectivity index (χ3n) is 4.61. The van der Waals surface area contributed by atoms with Gasteiger partial charge in [0.2, 0.25) is 23.5 Å². The van der Waals surface area contributed by atoms with Crippen LogP contribution in [0.3, 0.4) is 0 Å². The van der Waals surface area contributed by atoms with Crippen LogP contribution in [0.2, 0.25) is 5.02 Å². The number of anilines is 2. The van der Waals surface area contributed by atoms with Crippen LogP contribution in [-0.2, 0) is 16.0 Å². The second-order valence-electron chi connectivity index (χ2n) is 6.70. The molecule has 0 radical (unpaired) electrons. The van der Waals surface area contributed by atoms with E-state index in [0.717, 1.165) is 17.0 Å². The fourth-order valence-electron chi connectivity index (χ4n) is 3.17.